The van der Waals surface area contributed by atoms with Crippen LogP contribution in [0.15, 0.2) is 82.2 Å². The second-order valence-electron chi connectivity index (χ2n) is 9.61. The molecule has 1 N–H and O–H groups in total. The van der Waals surface area contributed by atoms with E-state index in [-0.39, 0.29) is 17.3 Å². The van der Waals surface area contributed by atoms with Gasteiger partial charge in [-0.1, -0.05) is 59.6 Å². The number of hydrogen-bond donors (Lipinski definition) is 1. The summed E-state index contributed by atoms with van der Waals surface area (Å²) in [5.74, 6) is -0.167. The van der Waals surface area contributed by atoms with Crippen LogP contribution < -0.4 is 14.4 Å². The minimum atomic E-state index is -4.15. The number of carbonyl (C=O) groups excluding carboxylic acids is 2. The average molecular weight is 645 g/mol. The molecule has 41 heavy (non-hydrogen) atoms. The zero-order valence-electron chi connectivity index (χ0n) is 24.0. The van der Waals surface area contributed by atoms with Gasteiger partial charge in [-0.2, -0.15) is 0 Å². The second kappa shape index (κ2) is 15.0. The highest BCUT2D eigenvalue weighted by atomic mass is 79.9. The number of halogens is 1. The molecule has 0 unspecified atom stereocenters. The summed E-state index contributed by atoms with van der Waals surface area (Å²) in [5.41, 5.74) is 2.22. The number of aryl methyl sites for hydroxylation is 1. The first-order valence-corrected chi connectivity index (χ1v) is 16.0. The minimum Gasteiger partial charge on any atom is -0.494 e. The van der Waals surface area contributed by atoms with E-state index in [4.69, 9.17) is 4.74 Å². The van der Waals surface area contributed by atoms with Gasteiger partial charge in [-0.3, -0.25) is 13.9 Å². The predicted molar refractivity (Wildman–Crippen MR) is 165 cm³/mol. The van der Waals surface area contributed by atoms with Crippen molar-refractivity contribution in [1.82, 2.24) is 10.2 Å². The molecule has 0 bridgehead atoms. The standard InChI is InChI=1S/C31H38BrN3O5S/c1-5-20-33-31(37)29(6-2)34(21-24-10-8-23(4)9-11-24)30(36)22-35(26-14-16-27(17-15-26)40-7-3)41(38,39)28-18-12-25(32)13-19-28/h8-19,29H,5-7,20-22H2,1-4H3,(H,33,37)/t29-/m0/s1. The van der Waals surface area contributed by atoms with E-state index >= 15 is 0 Å². The average Bonchev–Trinajstić information content (AvgIpc) is 2.96. The topological polar surface area (TPSA) is 96.0 Å². The number of carbonyl (C=O) groups is 2. The Balaban J connectivity index is 2.04. The number of benzene rings is 3. The lowest BCUT2D eigenvalue weighted by molar-refractivity contribution is -0.140. The number of sulfonamides is 1. The fourth-order valence-electron chi connectivity index (χ4n) is 4.31. The van der Waals surface area contributed by atoms with E-state index in [0.717, 1.165) is 26.3 Å². The number of nitrogens with one attached hydrogen (secondary N) is 1. The lowest BCUT2D eigenvalue weighted by atomic mass is 10.1. The first kappa shape index (κ1) is 32.1. The summed E-state index contributed by atoms with van der Waals surface area (Å²) in [4.78, 5) is 28.8. The maximum absolute atomic E-state index is 14.1. The molecule has 0 saturated carbocycles. The van der Waals surface area contributed by atoms with Crippen LogP contribution in [0, 0.1) is 6.92 Å². The molecular weight excluding hydrogens is 606 g/mol. The molecule has 10 heteroatoms. The van der Waals surface area contributed by atoms with Crippen molar-refractivity contribution < 1.29 is 22.7 Å². The van der Waals surface area contributed by atoms with Crippen molar-refractivity contribution in [2.24, 2.45) is 0 Å². The maximum atomic E-state index is 14.1. The number of anilines is 1. The van der Waals surface area contributed by atoms with Crippen LogP contribution >= 0.6 is 15.9 Å². The Morgan fingerprint density at radius 2 is 1.56 bits per heavy atom. The van der Waals surface area contributed by atoms with Gasteiger partial charge < -0.3 is 15.0 Å². The molecule has 0 aliphatic rings. The van der Waals surface area contributed by atoms with E-state index in [1.807, 2.05) is 52.0 Å². The largest absolute Gasteiger partial charge is 0.494 e. The Labute approximate surface area is 251 Å². The third kappa shape index (κ3) is 8.56. The molecule has 3 aromatic rings. The lowest BCUT2D eigenvalue weighted by Gasteiger charge is -2.33. The quantitative estimate of drug-likeness (QED) is 0.244. The Morgan fingerprint density at radius 3 is 2.12 bits per heavy atom. The number of amides is 2. The molecule has 0 saturated heterocycles. The summed E-state index contributed by atoms with van der Waals surface area (Å²) in [6.45, 7) is 8.25. The Kier molecular flexibility index (Phi) is 11.8. The van der Waals surface area contributed by atoms with E-state index in [2.05, 4.69) is 21.2 Å². The van der Waals surface area contributed by atoms with Crippen molar-refractivity contribution in [3.05, 3.63) is 88.4 Å². The monoisotopic (exact) mass is 643 g/mol. The summed E-state index contributed by atoms with van der Waals surface area (Å²) in [5, 5.41) is 2.90. The summed E-state index contributed by atoms with van der Waals surface area (Å²) in [6, 6.07) is 19.8. The zero-order valence-corrected chi connectivity index (χ0v) is 26.4. The van der Waals surface area contributed by atoms with Crippen LogP contribution in [0.3, 0.4) is 0 Å². The second-order valence-corrected chi connectivity index (χ2v) is 12.4. The van der Waals surface area contributed by atoms with Crippen molar-refractivity contribution in [3.8, 4) is 5.75 Å². The van der Waals surface area contributed by atoms with Gasteiger partial charge in [-0.15, -0.1) is 0 Å². The maximum Gasteiger partial charge on any atom is 0.264 e. The summed E-state index contributed by atoms with van der Waals surface area (Å²) >= 11 is 3.35. The summed E-state index contributed by atoms with van der Waals surface area (Å²) < 4.78 is 35.3. The molecule has 0 fully saturated rings. The molecule has 0 radical (unpaired) electrons. The Bertz CT molecular complexity index is 1400. The van der Waals surface area contributed by atoms with Crippen molar-refractivity contribution in [2.75, 3.05) is 24.0 Å². The minimum absolute atomic E-state index is 0.0419. The van der Waals surface area contributed by atoms with Gasteiger partial charge >= 0.3 is 0 Å². The number of hydrogen-bond acceptors (Lipinski definition) is 5. The van der Waals surface area contributed by atoms with Crippen LogP contribution in [0.25, 0.3) is 0 Å². The van der Waals surface area contributed by atoms with Crippen molar-refractivity contribution in [1.29, 1.82) is 0 Å². The highest BCUT2D eigenvalue weighted by molar-refractivity contribution is 9.10. The lowest BCUT2D eigenvalue weighted by Crippen LogP contribution is -2.52. The first-order valence-electron chi connectivity index (χ1n) is 13.7. The number of rotatable bonds is 14. The smallest absolute Gasteiger partial charge is 0.264 e. The van der Waals surface area contributed by atoms with Crippen LogP contribution in [-0.4, -0.2) is 50.9 Å². The van der Waals surface area contributed by atoms with Gasteiger partial charge in [0.25, 0.3) is 10.0 Å². The van der Waals surface area contributed by atoms with Crippen LogP contribution in [0.4, 0.5) is 5.69 Å². The van der Waals surface area contributed by atoms with Gasteiger partial charge in [-0.05, 0) is 80.8 Å². The number of ether oxygens (including phenoxy) is 1. The van der Waals surface area contributed by atoms with Crippen LogP contribution in [0.5, 0.6) is 5.75 Å². The predicted octanol–water partition coefficient (Wildman–Crippen LogP) is 5.69. The summed E-state index contributed by atoms with van der Waals surface area (Å²) in [6.07, 6.45) is 1.13. The molecular formula is C31H38BrN3O5S. The van der Waals surface area contributed by atoms with Crippen molar-refractivity contribution in [2.45, 2.75) is 58.0 Å². The fraction of sp³-hybridized carbons (Fsp3) is 0.355. The van der Waals surface area contributed by atoms with E-state index < -0.39 is 28.5 Å². The van der Waals surface area contributed by atoms with Gasteiger partial charge in [0.2, 0.25) is 11.8 Å². The van der Waals surface area contributed by atoms with Crippen molar-refractivity contribution in [3.63, 3.8) is 0 Å². The third-order valence-electron chi connectivity index (χ3n) is 6.52. The number of nitrogens with zero attached hydrogens (tertiary/aromatic N) is 2. The molecule has 2 amide bonds. The molecule has 0 aromatic heterocycles. The highest BCUT2D eigenvalue weighted by Crippen LogP contribution is 2.27. The molecule has 0 aliphatic heterocycles. The molecule has 0 heterocycles. The van der Waals surface area contributed by atoms with Crippen LogP contribution in [0.2, 0.25) is 0 Å². The van der Waals surface area contributed by atoms with Gasteiger partial charge in [-0.25, -0.2) is 8.42 Å². The SMILES string of the molecule is CCCNC(=O)[C@H](CC)N(Cc1ccc(C)cc1)C(=O)CN(c1ccc(OCC)cc1)S(=O)(=O)c1ccc(Br)cc1. The molecule has 1 atom stereocenters. The van der Waals surface area contributed by atoms with Gasteiger partial charge in [0.05, 0.1) is 17.2 Å². The van der Waals surface area contributed by atoms with E-state index in [9.17, 15) is 18.0 Å². The molecule has 3 aromatic carbocycles. The van der Waals surface area contributed by atoms with E-state index in [0.29, 0.717) is 31.0 Å². The Morgan fingerprint density at radius 1 is 0.927 bits per heavy atom. The molecule has 0 spiro atoms. The van der Waals surface area contributed by atoms with Gasteiger partial charge in [0.1, 0.15) is 18.3 Å². The van der Waals surface area contributed by atoms with Gasteiger partial charge in [0.15, 0.2) is 0 Å². The van der Waals surface area contributed by atoms with Gasteiger partial charge in [0, 0.05) is 17.6 Å². The highest BCUT2D eigenvalue weighted by Gasteiger charge is 2.33. The zero-order chi connectivity index (χ0) is 30.0. The summed E-state index contributed by atoms with van der Waals surface area (Å²) in [7, 11) is -4.15. The molecule has 0 aliphatic carbocycles. The van der Waals surface area contributed by atoms with E-state index in [1.165, 1.54) is 17.0 Å². The molecule has 220 valence electrons. The normalized spacial score (nSPS) is 11.9. The van der Waals surface area contributed by atoms with Crippen LogP contribution in [0.1, 0.15) is 44.7 Å². The molecule has 8 nitrogen and oxygen atoms in total. The van der Waals surface area contributed by atoms with E-state index in [1.54, 1.807) is 36.4 Å². The van der Waals surface area contributed by atoms with Crippen LogP contribution in [-0.2, 0) is 26.2 Å². The Hall–Kier alpha value is -3.37. The first-order chi connectivity index (χ1) is 19.6. The fourth-order valence-corrected chi connectivity index (χ4v) is 5.99. The third-order valence-corrected chi connectivity index (χ3v) is 8.84. The molecule has 3 rings (SSSR count). The van der Waals surface area contributed by atoms with Crippen molar-refractivity contribution >= 4 is 43.5 Å².